The van der Waals surface area contributed by atoms with Gasteiger partial charge in [0.05, 0.1) is 0 Å². The summed E-state index contributed by atoms with van der Waals surface area (Å²) in [7, 11) is 0. The number of hydrogen-bond acceptors (Lipinski definition) is 0. The van der Waals surface area contributed by atoms with Crippen molar-refractivity contribution in [3.8, 4) is 0 Å². The predicted octanol–water partition coefficient (Wildman–Crippen LogP) is 5.45. The van der Waals surface area contributed by atoms with Crippen molar-refractivity contribution in [1.82, 2.24) is 0 Å². The van der Waals surface area contributed by atoms with Crippen LogP contribution < -0.4 is 0 Å². The first-order chi connectivity index (χ1) is 8.20. The first-order valence-corrected chi connectivity index (χ1v) is 6.14. The van der Waals surface area contributed by atoms with Crippen molar-refractivity contribution in [2.45, 2.75) is 6.92 Å². The predicted molar refractivity (Wildman–Crippen MR) is 75.7 cm³/mol. The number of rotatable bonds is 2. The van der Waals surface area contributed by atoms with Crippen LogP contribution in [0.1, 0.15) is 18.1 Å². The maximum absolute atomic E-state index is 6.01. The van der Waals surface area contributed by atoms with Crippen molar-refractivity contribution < 1.29 is 0 Å². The minimum Gasteiger partial charge on any atom is -0.0843 e. The third-order valence-electron chi connectivity index (χ3n) is 2.58. The minimum absolute atomic E-state index is 0.746. The van der Waals surface area contributed by atoms with Crippen LogP contribution in [0, 0.1) is 0 Å². The highest BCUT2D eigenvalue weighted by Crippen LogP contribution is 2.26. The Bertz CT molecular complexity index is 539. The third kappa shape index (κ3) is 2.91. The molecule has 0 aliphatic rings. The molecule has 0 bridgehead atoms. The summed E-state index contributed by atoms with van der Waals surface area (Å²) in [6, 6.07) is 15.7. The highest BCUT2D eigenvalue weighted by molar-refractivity contribution is 6.31. The lowest BCUT2D eigenvalue weighted by Gasteiger charge is -2.08. The summed E-state index contributed by atoms with van der Waals surface area (Å²) in [5, 5.41) is 1.49. The smallest absolute Gasteiger partial charge is 0.0412 e. The van der Waals surface area contributed by atoms with E-state index in [2.05, 4.69) is 12.1 Å². The van der Waals surface area contributed by atoms with Crippen LogP contribution in [0.4, 0.5) is 0 Å². The quantitative estimate of drug-likeness (QED) is 0.676. The molecular formula is C15H12Cl2. The molecule has 2 heteroatoms. The van der Waals surface area contributed by atoms with Gasteiger partial charge in [0, 0.05) is 10.0 Å². The van der Waals surface area contributed by atoms with E-state index in [-0.39, 0.29) is 0 Å². The molecule has 2 aromatic rings. The number of benzene rings is 2. The van der Waals surface area contributed by atoms with Gasteiger partial charge in [-0.3, -0.25) is 0 Å². The topological polar surface area (TPSA) is 0 Å². The lowest BCUT2D eigenvalue weighted by atomic mass is 9.98. The van der Waals surface area contributed by atoms with Gasteiger partial charge in [-0.05, 0) is 47.9 Å². The Labute approximate surface area is 112 Å². The van der Waals surface area contributed by atoms with Gasteiger partial charge in [-0.2, -0.15) is 0 Å². The molecule has 0 aliphatic carbocycles. The summed E-state index contributed by atoms with van der Waals surface area (Å²) >= 11 is 11.9. The molecule has 0 aromatic heterocycles. The molecule has 86 valence electrons. The maximum Gasteiger partial charge on any atom is 0.0412 e. The zero-order valence-corrected chi connectivity index (χ0v) is 11.0. The fourth-order valence-electron chi connectivity index (χ4n) is 1.79. The van der Waals surface area contributed by atoms with E-state index in [9.17, 15) is 0 Å². The molecule has 0 aliphatic heterocycles. The summed E-state index contributed by atoms with van der Waals surface area (Å²) in [6.45, 7) is 2.02. The second-order valence-electron chi connectivity index (χ2n) is 3.72. The lowest BCUT2D eigenvalue weighted by Crippen LogP contribution is -1.87. The Hall–Kier alpha value is -1.24. The molecular weight excluding hydrogens is 251 g/mol. The normalized spacial score (nSPS) is 11.6. The number of halogens is 2. The van der Waals surface area contributed by atoms with Crippen molar-refractivity contribution in [3.63, 3.8) is 0 Å². The monoisotopic (exact) mass is 262 g/mol. The first kappa shape index (κ1) is 12.2. The molecule has 0 saturated heterocycles. The minimum atomic E-state index is 0.746. The van der Waals surface area contributed by atoms with Crippen LogP contribution in [-0.4, -0.2) is 0 Å². The molecule has 0 nitrogen and oxygen atoms in total. The fraction of sp³-hybridized carbons (Fsp3) is 0.0667. The van der Waals surface area contributed by atoms with E-state index in [1.165, 1.54) is 0 Å². The summed E-state index contributed by atoms with van der Waals surface area (Å²) in [6.07, 6.45) is 2.08. The van der Waals surface area contributed by atoms with E-state index in [0.717, 1.165) is 26.7 Å². The molecule has 0 atom stereocenters. The van der Waals surface area contributed by atoms with Crippen molar-refractivity contribution in [2.24, 2.45) is 0 Å². The Morgan fingerprint density at radius 1 is 0.882 bits per heavy atom. The summed E-state index contributed by atoms with van der Waals surface area (Å²) in [4.78, 5) is 0. The van der Waals surface area contributed by atoms with Crippen molar-refractivity contribution in [2.75, 3.05) is 0 Å². The summed E-state index contributed by atoms with van der Waals surface area (Å²) in [5.74, 6) is 0. The van der Waals surface area contributed by atoms with Gasteiger partial charge in [0.1, 0.15) is 0 Å². The van der Waals surface area contributed by atoms with Crippen LogP contribution in [0.2, 0.25) is 10.0 Å². The van der Waals surface area contributed by atoms with E-state index in [1.807, 2.05) is 49.4 Å². The van der Waals surface area contributed by atoms with Gasteiger partial charge in [0.2, 0.25) is 0 Å². The molecule has 17 heavy (non-hydrogen) atoms. The molecule has 0 fully saturated rings. The second-order valence-corrected chi connectivity index (χ2v) is 4.59. The average Bonchev–Trinajstić information content (AvgIpc) is 2.33. The van der Waals surface area contributed by atoms with Gasteiger partial charge < -0.3 is 0 Å². The van der Waals surface area contributed by atoms with Crippen LogP contribution in [0.3, 0.4) is 0 Å². The highest BCUT2D eigenvalue weighted by Gasteiger charge is 2.04. The van der Waals surface area contributed by atoms with Crippen molar-refractivity contribution in [3.05, 3.63) is 75.8 Å². The van der Waals surface area contributed by atoms with E-state index >= 15 is 0 Å². The van der Waals surface area contributed by atoms with Gasteiger partial charge in [0.25, 0.3) is 0 Å². The second kappa shape index (κ2) is 5.39. The van der Waals surface area contributed by atoms with E-state index in [0.29, 0.717) is 0 Å². The van der Waals surface area contributed by atoms with Crippen LogP contribution in [-0.2, 0) is 0 Å². The lowest BCUT2D eigenvalue weighted by molar-refractivity contribution is 1.53. The molecule has 0 amide bonds. The Balaban J connectivity index is 2.44. The van der Waals surface area contributed by atoms with Crippen LogP contribution in [0.5, 0.6) is 0 Å². The standard InChI is InChI=1S/C15H12Cl2/c1-2-15(11-6-8-13(16)9-7-11)12-4-3-5-14(17)10-12/h2-10H,1H3/b15-2+. The first-order valence-electron chi connectivity index (χ1n) is 5.39. The van der Waals surface area contributed by atoms with Crippen LogP contribution in [0.25, 0.3) is 5.57 Å². The molecule has 0 unspecified atom stereocenters. The molecule has 2 rings (SSSR count). The van der Waals surface area contributed by atoms with Gasteiger partial charge in [0.15, 0.2) is 0 Å². The third-order valence-corrected chi connectivity index (χ3v) is 3.07. The van der Waals surface area contributed by atoms with Crippen LogP contribution >= 0.6 is 23.2 Å². The molecule has 0 spiro atoms. The SMILES string of the molecule is C/C=C(\c1ccc(Cl)cc1)c1cccc(Cl)c1. The van der Waals surface area contributed by atoms with E-state index in [4.69, 9.17) is 23.2 Å². The Morgan fingerprint density at radius 2 is 1.59 bits per heavy atom. The molecule has 0 saturated carbocycles. The molecule has 0 heterocycles. The Morgan fingerprint density at radius 3 is 2.18 bits per heavy atom. The van der Waals surface area contributed by atoms with Gasteiger partial charge in [-0.1, -0.05) is 53.5 Å². The van der Waals surface area contributed by atoms with Gasteiger partial charge >= 0.3 is 0 Å². The van der Waals surface area contributed by atoms with Gasteiger partial charge in [-0.15, -0.1) is 0 Å². The largest absolute Gasteiger partial charge is 0.0843 e. The maximum atomic E-state index is 6.01. The Kier molecular flexibility index (Phi) is 3.88. The molecule has 2 aromatic carbocycles. The van der Waals surface area contributed by atoms with Gasteiger partial charge in [-0.25, -0.2) is 0 Å². The number of allylic oxidation sites excluding steroid dienone is 1. The molecule has 0 radical (unpaired) electrons. The molecule has 0 N–H and O–H groups in total. The van der Waals surface area contributed by atoms with E-state index in [1.54, 1.807) is 0 Å². The highest BCUT2D eigenvalue weighted by atomic mass is 35.5. The van der Waals surface area contributed by atoms with Crippen molar-refractivity contribution in [1.29, 1.82) is 0 Å². The average molecular weight is 263 g/mol. The van der Waals surface area contributed by atoms with Crippen LogP contribution in [0.15, 0.2) is 54.6 Å². The fourth-order valence-corrected chi connectivity index (χ4v) is 2.10. The summed E-state index contributed by atoms with van der Waals surface area (Å²) < 4.78 is 0. The zero-order chi connectivity index (χ0) is 12.3. The number of hydrogen-bond donors (Lipinski definition) is 0. The summed E-state index contributed by atoms with van der Waals surface area (Å²) in [5.41, 5.74) is 3.41. The zero-order valence-electron chi connectivity index (χ0n) is 9.45. The van der Waals surface area contributed by atoms with Crippen molar-refractivity contribution >= 4 is 28.8 Å². The van der Waals surface area contributed by atoms with E-state index < -0.39 is 0 Å².